The molecule has 0 aliphatic heterocycles. The summed E-state index contributed by atoms with van der Waals surface area (Å²) in [4.78, 5) is 25.7. The third-order valence-electron chi connectivity index (χ3n) is 4.87. The fraction of sp³-hybridized carbons (Fsp3) is 0.333. The van der Waals surface area contributed by atoms with Gasteiger partial charge in [0.1, 0.15) is 0 Å². The third-order valence-corrected chi connectivity index (χ3v) is 4.87. The monoisotopic (exact) mass is 390 g/mol. The predicted octanol–water partition coefficient (Wildman–Crippen LogP) is 3.83. The first kappa shape index (κ1) is 19.9. The number of nitrogens with zero attached hydrogens (tertiary/aromatic N) is 1. The Morgan fingerprint density at radius 1 is 1.07 bits per heavy atom. The van der Waals surface area contributed by atoms with Crippen LogP contribution in [0.3, 0.4) is 0 Å². The lowest BCUT2D eigenvalue weighted by molar-refractivity contribution is -0.138. The van der Waals surface area contributed by atoms with E-state index in [0.29, 0.717) is 12.0 Å². The minimum Gasteiger partial charge on any atom is -0.352 e. The van der Waals surface area contributed by atoms with Gasteiger partial charge >= 0.3 is 6.18 Å². The molecular weight excluding hydrogens is 369 g/mol. The number of amides is 2. The maximum Gasteiger partial charge on any atom is 0.416 e. The van der Waals surface area contributed by atoms with Gasteiger partial charge in [-0.05, 0) is 41.7 Å². The van der Waals surface area contributed by atoms with E-state index in [1.54, 1.807) is 44.4 Å². The quantitative estimate of drug-likeness (QED) is 0.844. The van der Waals surface area contributed by atoms with E-state index in [9.17, 15) is 22.8 Å². The molecule has 3 rings (SSSR count). The highest BCUT2D eigenvalue weighted by Crippen LogP contribution is 2.51. The van der Waals surface area contributed by atoms with E-state index in [4.69, 9.17) is 0 Å². The van der Waals surface area contributed by atoms with Gasteiger partial charge in [-0.15, -0.1) is 0 Å². The van der Waals surface area contributed by atoms with Crippen molar-refractivity contribution in [1.29, 1.82) is 0 Å². The van der Waals surface area contributed by atoms with Crippen molar-refractivity contribution in [1.82, 2.24) is 10.2 Å². The van der Waals surface area contributed by atoms with Crippen molar-refractivity contribution in [3.05, 3.63) is 70.8 Å². The number of halogens is 3. The van der Waals surface area contributed by atoms with E-state index in [2.05, 4.69) is 5.32 Å². The molecule has 0 radical (unpaired) electrons. The molecule has 1 aliphatic rings. The van der Waals surface area contributed by atoms with Crippen LogP contribution >= 0.6 is 0 Å². The highest BCUT2D eigenvalue weighted by atomic mass is 19.4. The van der Waals surface area contributed by atoms with Gasteiger partial charge in [0.15, 0.2) is 0 Å². The van der Waals surface area contributed by atoms with Gasteiger partial charge in [0.05, 0.1) is 5.56 Å². The van der Waals surface area contributed by atoms with Crippen molar-refractivity contribution in [3.63, 3.8) is 0 Å². The largest absolute Gasteiger partial charge is 0.416 e. The van der Waals surface area contributed by atoms with E-state index >= 15 is 0 Å². The Morgan fingerprint density at radius 3 is 2.32 bits per heavy atom. The fourth-order valence-electron chi connectivity index (χ4n) is 3.25. The zero-order valence-corrected chi connectivity index (χ0v) is 15.6. The summed E-state index contributed by atoms with van der Waals surface area (Å²) < 4.78 is 39.4. The van der Waals surface area contributed by atoms with Crippen molar-refractivity contribution in [3.8, 4) is 0 Å². The molecule has 1 fully saturated rings. The summed E-state index contributed by atoms with van der Waals surface area (Å²) >= 11 is 0. The second-order valence-electron chi connectivity index (χ2n) is 7.15. The summed E-state index contributed by atoms with van der Waals surface area (Å²) in [6.07, 6.45) is -4.01. The van der Waals surface area contributed by atoms with E-state index in [-0.39, 0.29) is 23.9 Å². The van der Waals surface area contributed by atoms with Gasteiger partial charge in [-0.3, -0.25) is 9.59 Å². The van der Waals surface area contributed by atoms with Gasteiger partial charge in [0, 0.05) is 32.1 Å². The Labute approximate surface area is 161 Å². The topological polar surface area (TPSA) is 49.4 Å². The number of benzene rings is 2. The molecule has 28 heavy (non-hydrogen) atoms. The highest BCUT2D eigenvalue weighted by Gasteiger charge is 2.47. The zero-order chi connectivity index (χ0) is 20.5. The average molecular weight is 390 g/mol. The maximum absolute atomic E-state index is 13.1. The van der Waals surface area contributed by atoms with Crippen LogP contribution in [0.2, 0.25) is 0 Å². The minimum atomic E-state index is -4.42. The van der Waals surface area contributed by atoms with Crippen LogP contribution in [0.4, 0.5) is 13.2 Å². The molecule has 2 amide bonds. The van der Waals surface area contributed by atoms with Gasteiger partial charge in [-0.1, -0.05) is 30.3 Å². The van der Waals surface area contributed by atoms with Crippen LogP contribution < -0.4 is 5.32 Å². The maximum atomic E-state index is 13.1. The Bertz CT molecular complexity index is 876. The molecule has 0 bridgehead atoms. The molecule has 1 N–H and O–H groups in total. The number of alkyl halides is 3. The molecule has 0 spiro atoms. The van der Waals surface area contributed by atoms with E-state index in [1.807, 2.05) is 0 Å². The molecule has 4 nitrogen and oxygen atoms in total. The van der Waals surface area contributed by atoms with Crippen molar-refractivity contribution < 1.29 is 22.8 Å². The number of carbonyl (C=O) groups excluding carboxylic acids is 2. The summed E-state index contributed by atoms with van der Waals surface area (Å²) in [5.41, 5.74) is 0.876. The normalized spacial score (nSPS) is 18.5. The molecule has 1 aliphatic carbocycles. The Kier molecular flexibility index (Phi) is 5.45. The molecule has 148 valence electrons. The van der Waals surface area contributed by atoms with Crippen LogP contribution in [0.25, 0.3) is 0 Å². The minimum absolute atomic E-state index is 0.111. The lowest BCUT2D eigenvalue weighted by Crippen LogP contribution is -2.25. The highest BCUT2D eigenvalue weighted by molar-refractivity contribution is 5.93. The van der Waals surface area contributed by atoms with E-state index in [0.717, 1.165) is 11.6 Å². The summed E-state index contributed by atoms with van der Waals surface area (Å²) in [7, 11) is 3.33. The lowest BCUT2D eigenvalue weighted by Gasteiger charge is -2.12. The van der Waals surface area contributed by atoms with Crippen LogP contribution in [0.1, 0.15) is 39.4 Å². The summed E-state index contributed by atoms with van der Waals surface area (Å²) in [6, 6.07) is 12.3. The molecule has 2 aromatic carbocycles. The summed E-state index contributed by atoms with van der Waals surface area (Å²) in [5.74, 6) is -1.22. The third kappa shape index (κ3) is 4.35. The Hall–Kier alpha value is -2.83. The molecule has 0 heterocycles. The van der Waals surface area contributed by atoms with Gasteiger partial charge < -0.3 is 10.2 Å². The number of hydrogen-bond donors (Lipinski definition) is 1. The van der Waals surface area contributed by atoms with Crippen LogP contribution in [-0.2, 0) is 17.5 Å². The standard InChI is InChI=1S/C21H21F3N2O2/c1-26(2)20(28)14-9-7-13(8-10-14)12-25-19(27)17-11-16(17)15-5-3-4-6-18(15)21(22,23)24/h3-10,16-17H,11-12H2,1-2H3,(H,25,27). The van der Waals surface area contributed by atoms with Crippen LogP contribution in [0, 0.1) is 5.92 Å². The number of hydrogen-bond acceptors (Lipinski definition) is 2. The Morgan fingerprint density at radius 2 is 1.71 bits per heavy atom. The summed E-state index contributed by atoms with van der Waals surface area (Å²) in [5, 5.41) is 2.77. The first-order valence-electron chi connectivity index (χ1n) is 8.93. The molecular formula is C21H21F3N2O2. The van der Waals surface area contributed by atoms with E-state index < -0.39 is 23.6 Å². The van der Waals surface area contributed by atoms with Gasteiger partial charge in [0.2, 0.25) is 5.91 Å². The lowest BCUT2D eigenvalue weighted by atomic mass is 10.0. The van der Waals surface area contributed by atoms with Gasteiger partial charge in [0.25, 0.3) is 5.91 Å². The fourth-order valence-corrected chi connectivity index (χ4v) is 3.25. The van der Waals surface area contributed by atoms with Crippen LogP contribution in [0.15, 0.2) is 48.5 Å². The van der Waals surface area contributed by atoms with Crippen LogP contribution in [0.5, 0.6) is 0 Å². The zero-order valence-electron chi connectivity index (χ0n) is 15.6. The number of carbonyl (C=O) groups is 2. The van der Waals surface area contributed by atoms with Crippen molar-refractivity contribution in [2.75, 3.05) is 14.1 Å². The van der Waals surface area contributed by atoms with Crippen molar-refractivity contribution in [2.45, 2.75) is 25.1 Å². The molecule has 2 atom stereocenters. The van der Waals surface area contributed by atoms with Crippen LogP contribution in [-0.4, -0.2) is 30.8 Å². The van der Waals surface area contributed by atoms with E-state index in [1.165, 1.54) is 17.0 Å². The number of nitrogens with one attached hydrogen (secondary N) is 1. The smallest absolute Gasteiger partial charge is 0.352 e. The first-order chi connectivity index (χ1) is 13.2. The molecule has 1 saturated carbocycles. The average Bonchev–Trinajstić information content (AvgIpc) is 3.46. The molecule has 0 aromatic heterocycles. The molecule has 2 aromatic rings. The molecule has 0 saturated heterocycles. The predicted molar refractivity (Wildman–Crippen MR) is 98.6 cm³/mol. The SMILES string of the molecule is CN(C)C(=O)c1ccc(CNC(=O)C2CC2c2ccccc2C(F)(F)F)cc1. The van der Waals surface area contributed by atoms with Crippen molar-refractivity contribution in [2.24, 2.45) is 5.92 Å². The Balaban J connectivity index is 1.59. The second kappa shape index (κ2) is 7.66. The second-order valence-corrected chi connectivity index (χ2v) is 7.15. The first-order valence-corrected chi connectivity index (χ1v) is 8.93. The number of rotatable bonds is 5. The molecule has 2 unspecified atom stereocenters. The summed E-state index contributed by atoms with van der Waals surface area (Å²) in [6.45, 7) is 0.263. The molecule has 7 heteroatoms. The van der Waals surface area contributed by atoms with Gasteiger partial charge in [-0.25, -0.2) is 0 Å². The van der Waals surface area contributed by atoms with Crippen molar-refractivity contribution >= 4 is 11.8 Å². The van der Waals surface area contributed by atoms with Gasteiger partial charge in [-0.2, -0.15) is 13.2 Å².